The van der Waals surface area contributed by atoms with E-state index in [1.807, 2.05) is 48.7 Å². The molecule has 1 unspecified atom stereocenters. The van der Waals surface area contributed by atoms with E-state index < -0.39 is 6.10 Å². The summed E-state index contributed by atoms with van der Waals surface area (Å²) in [6.45, 7) is 1.86. The Kier molecular flexibility index (Phi) is 5.71. The minimum atomic E-state index is -0.582. The molecule has 2 aromatic carbocycles. The lowest BCUT2D eigenvalue weighted by molar-refractivity contribution is -0.120. The molecule has 0 fully saturated rings. The predicted molar refractivity (Wildman–Crippen MR) is 102 cm³/mol. The van der Waals surface area contributed by atoms with Gasteiger partial charge in [0.1, 0.15) is 0 Å². The molecule has 1 atom stereocenters. The molecule has 3 rings (SSSR count). The quantitative estimate of drug-likeness (QED) is 0.701. The fraction of sp³-hybridized carbons (Fsp3) is 0.200. The zero-order valence-corrected chi connectivity index (χ0v) is 15.1. The zero-order chi connectivity index (χ0) is 18.5. The second-order valence-electron chi connectivity index (χ2n) is 6.12. The van der Waals surface area contributed by atoms with Gasteiger partial charge >= 0.3 is 0 Å². The van der Waals surface area contributed by atoms with Gasteiger partial charge in [-0.25, -0.2) is 4.68 Å². The van der Waals surface area contributed by atoms with Gasteiger partial charge in [0.15, 0.2) is 0 Å². The van der Waals surface area contributed by atoms with Crippen molar-refractivity contribution in [1.82, 2.24) is 15.1 Å². The predicted octanol–water partition coefficient (Wildman–Crippen LogP) is 3.23. The summed E-state index contributed by atoms with van der Waals surface area (Å²) >= 11 is 5.98. The third-order valence-corrected chi connectivity index (χ3v) is 4.13. The van der Waals surface area contributed by atoms with Gasteiger partial charge in [-0.15, -0.1) is 0 Å². The number of carbonyl (C=O) groups excluding carboxylic acids is 1. The highest BCUT2D eigenvalue weighted by molar-refractivity contribution is 6.30. The van der Waals surface area contributed by atoms with Crippen LogP contribution in [-0.2, 0) is 11.2 Å². The number of hydrogen-bond donors (Lipinski definition) is 2. The van der Waals surface area contributed by atoms with E-state index >= 15 is 0 Å². The van der Waals surface area contributed by atoms with Crippen molar-refractivity contribution in [2.24, 2.45) is 0 Å². The molecule has 0 aliphatic rings. The summed E-state index contributed by atoms with van der Waals surface area (Å²) < 4.78 is 1.77. The first-order valence-corrected chi connectivity index (χ1v) is 8.75. The number of rotatable bonds is 6. The maximum atomic E-state index is 12.2. The highest BCUT2D eigenvalue weighted by atomic mass is 35.5. The van der Waals surface area contributed by atoms with E-state index in [4.69, 9.17) is 11.6 Å². The van der Waals surface area contributed by atoms with Gasteiger partial charge in [0.25, 0.3) is 0 Å². The molecule has 0 radical (unpaired) electrons. The van der Waals surface area contributed by atoms with Crippen molar-refractivity contribution < 1.29 is 9.90 Å². The van der Waals surface area contributed by atoms with Crippen LogP contribution in [0.5, 0.6) is 0 Å². The first kappa shape index (κ1) is 18.2. The monoisotopic (exact) mass is 369 g/mol. The average Bonchev–Trinajstić information content (AvgIpc) is 3.05. The molecular formula is C20H20ClN3O2. The topological polar surface area (TPSA) is 67.2 Å². The Morgan fingerprint density at radius 1 is 1.19 bits per heavy atom. The summed E-state index contributed by atoms with van der Waals surface area (Å²) in [5.74, 6) is -0.159. The van der Waals surface area contributed by atoms with Crippen LogP contribution < -0.4 is 5.32 Å². The van der Waals surface area contributed by atoms with Gasteiger partial charge in [0.05, 0.1) is 23.9 Å². The van der Waals surface area contributed by atoms with Crippen LogP contribution in [-0.4, -0.2) is 33.4 Å². The Morgan fingerprint density at radius 3 is 2.54 bits per heavy atom. The molecule has 0 aliphatic carbocycles. The van der Waals surface area contributed by atoms with Crippen LogP contribution in [0.3, 0.4) is 0 Å². The average molecular weight is 370 g/mol. The molecule has 0 spiro atoms. The van der Waals surface area contributed by atoms with E-state index in [2.05, 4.69) is 10.4 Å². The molecular weight excluding hydrogens is 350 g/mol. The second-order valence-corrected chi connectivity index (χ2v) is 6.56. The molecule has 3 aromatic rings. The van der Waals surface area contributed by atoms with Gasteiger partial charge in [-0.05, 0) is 31.2 Å². The van der Waals surface area contributed by atoms with Crippen LogP contribution in [0.15, 0.2) is 60.8 Å². The number of benzene rings is 2. The molecule has 134 valence electrons. The van der Waals surface area contributed by atoms with Crippen LogP contribution >= 0.6 is 11.6 Å². The Morgan fingerprint density at radius 2 is 1.88 bits per heavy atom. The maximum Gasteiger partial charge on any atom is 0.224 e. The summed E-state index contributed by atoms with van der Waals surface area (Å²) in [7, 11) is 0. The van der Waals surface area contributed by atoms with E-state index in [9.17, 15) is 9.90 Å². The Labute approximate surface area is 157 Å². The van der Waals surface area contributed by atoms with Crippen molar-refractivity contribution in [3.8, 4) is 16.9 Å². The van der Waals surface area contributed by atoms with Gasteiger partial charge in [-0.3, -0.25) is 4.79 Å². The number of aliphatic hydroxyl groups is 1. The van der Waals surface area contributed by atoms with Crippen molar-refractivity contribution in [3.05, 3.63) is 71.4 Å². The van der Waals surface area contributed by atoms with Gasteiger partial charge < -0.3 is 10.4 Å². The number of nitrogens with zero attached hydrogens (tertiary/aromatic N) is 2. The summed E-state index contributed by atoms with van der Waals surface area (Å²) in [6, 6.07) is 17.1. The summed E-state index contributed by atoms with van der Waals surface area (Å²) in [5.41, 5.74) is 3.35. The molecule has 2 N–H and O–H groups in total. The van der Waals surface area contributed by atoms with E-state index in [1.54, 1.807) is 23.7 Å². The number of halogens is 1. The highest BCUT2D eigenvalue weighted by Crippen LogP contribution is 2.25. The van der Waals surface area contributed by atoms with Crippen molar-refractivity contribution in [3.63, 3.8) is 0 Å². The Bertz CT molecular complexity index is 874. The number of aliphatic hydroxyl groups excluding tert-OH is 1. The lowest BCUT2D eigenvalue weighted by Crippen LogP contribution is -2.31. The standard InChI is InChI=1S/C20H20ClN3O2/c1-14(25)12-22-19(26)11-16-13-24(18-5-3-2-4-6-18)23-20(16)15-7-9-17(21)10-8-15/h2-10,13-14,25H,11-12H2,1H3,(H,22,26). The summed E-state index contributed by atoms with van der Waals surface area (Å²) in [5, 5.41) is 17.4. The largest absolute Gasteiger partial charge is 0.392 e. The fourth-order valence-electron chi connectivity index (χ4n) is 2.60. The molecule has 0 aliphatic heterocycles. The number of amides is 1. The van der Waals surface area contributed by atoms with Crippen LogP contribution in [0.1, 0.15) is 12.5 Å². The van der Waals surface area contributed by atoms with Gasteiger partial charge in [0.2, 0.25) is 5.91 Å². The molecule has 1 aromatic heterocycles. The third kappa shape index (κ3) is 4.50. The van der Waals surface area contributed by atoms with Gasteiger partial charge in [-0.2, -0.15) is 5.10 Å². The fourth-order valence-corrected chi connectivity index (χ4v) is 2.73. The normalized spacial score (nSPS) is 12.0. The van der Waals surface area contributed by atoms with E-state index in [0.29, 0.717) is 5.02 Å². The zero-order valence-electron chi connectivity index (χ0n) is 14.4. The smallest absolute Gasteiger partial charge is 0.224 e. The summed E-state index contributed by atoms with van der Waals surface area (Å²) in [6.07, 6.45) is 1.46. The molecule has 0 bridgehead atoms. The van der Waals surface area contributed by atoms with Gasteiger partial charge in [0, 0.05) is 28.9 Å². The Hall–Kier alpha value is -2.63. The van der Waals surface area contributed by atoms with E-state index in [-0.39, 0.29) is 18.9 Å². The summed E-state index contributed by atoms with van der Waals surface area (Å²) in [4.78, 5) is 12.2. The van der Waals surface area contributed by atoms with Crippen molar-refractivity contribution in [2.75, 3.05) is 6.54 Å². The Balaban J connectivity index is 1.94. The second kappa shape index (κ2) is 8.17. The number of nitrogens with one attached hydrogen (secondary N) is 1. The van der Waals surface area contributed by atoms with Crippen LogP contribution in [0.25, 0.3) is 16.9 Å². The van der Waals surface area contributed by atoms with Crippen LogP contribution in [0.2, 0.25) is 5.02 Å². The van der Waals surface area contributed by atoms with Crippen LogP contribution in [0.4, 0.5) is 0 Å². The number of aromatic nitrogens is 2. The molecule has 1 amide bonds. The van der Waals surface area contributed by atoms with Crippen LogP contribution in [0, 0.1) is 0 Å². The molecule has 5 nitrogen and oxygen atoms in total. The SMILES string of the molecule is CC(O)CNC(=O)Cc1cn(-c2ccccc2)nc1-c1ccc(Cl)cc1. The van der Waals surface area contributed by atoms with E-state index in [0.717, 1.165) is 22.5 Å². The number of carbonyl (C=O) groups is 1. The van der Waals surface area contributed by atoms with Crippen molar-refractivity contribution in [2.45, 2.75) is 19.4 Å². The first-order chi connectivity index (χ1) is 12.5. The minimum absolute atomic E-state index is 0.159. The first-order valence-electron chi connectivity index (χ1n) is 8.37. The van der Waals surface area contributed by atoms with Gasteiger partial charge in [-0.1, -0.05) is 41.9 Å². The number of para-hydroxylation sites is 1. The lowest BCUT2D eigenvalue weighted by atomic mass is 10.1. The van der Waals surface area contributed by atoms with Crippen molar-refractivity contribution in [1.29, 1.82) is 0 Å². The maximum absolute atomic E-state index is 12.2. The highest BCUT2D eigenvalue weighted by Gasteiger charge is 2.15. The molecule has 0 saturated heterocycles. The molecule has 26 heavy (non-hydrogen) atoms. The van der Waals surface area contributed by atoms with Crippen molar-refractivity contribution >= 4 is 17.5 Å². The molecule has 0 saturated carbocycles. The van der Waals surface area contributed by atoms with E-state index in [1.165, 1.54) is 0 Å². The minimum Gasteiger partial charge on any atom is -0.392 e. The number of hydrogen-bond acceptors (Lipinski definition) is 3. The third-order valence-electron chi connectivity index (χ3n) is 3.87. The molecule has 6 heteroatoms. The lowest BCUT2D eigenvalue weighted by Gasteiger charge is -2.07. The molecule has 1 heterocycles.